The van der Waals surface area contributed by atoms with Crippen LogP contribution in [0.2, 0.25) is 0 Å². The first kappa shape index (κ1) is 23.5. The van der Waals surface area contributed by atoms with Crippen LogP contribution in [0.3, 0.4) is 0 Å². The van der Waals surface area contributed by atoms with Crippen molar-refractivity contribution < 1.29 is 4.74 Å². The second-order valence-electron chi connectivity index (χ2n) is 7.79. The number of halogens is 1. The summed E-state index contributed by atoms with van der Waals surface area (Å²) in [5.74, 6) is 2.02. The average molecular weight is 508 g/mol. The van der Waals surface area contributed by atoms with Crippen LogP contribution in [0.25, 0.3) is 0 Å². The molecule has 29 heavy (non-hydrogen) atoms. The van der Waals surface area contributed by atoms with Gasteiger partial charge in [0, 0.05) is 18.8 Å². The van der Waals surface area contributed by atoms with Gasteiger partial charge in [-0.1, -0.05) is 18.2 Å². The number of benzene rings is 2. The molecule has 1 saturated heterocycles. The number of hydrogen-bond donors (Lipinski definition) is 2. The number of nitrogens with two attached hydrogens (primary N) is 1. The minimum Gasteiger partial charge on any atom is -0.497 e. The summed E-state index contributed by atoms with van der Waals surface area (Å²) in [6.45, 7) is 8.18. The number of aliphatic imine (C=N–C) groups is 1. The Morgan fingerprint density at radius 3 is 2.31 bits per heavy atom. The maximum atomic E-state index is 6.09. The SMILES string of the molecule is COc1ccc(CN2CCC(CN=C(N)Nc3cc(C)cc(C)c3)CC2)cc1.I. The lowest BCUT2D eigenvalue weighted by Gasteiger charge is -2.31. The molecule has 5 nitrogen and oxygen atoms in total. The zero-order valence-electron chi connectivity index (χ0n) is 17.6. The highest BCUT2D eigenvalue weighted by molar-refractivity contribution is 14.0. The predicted octanol–water partition coefficient (Wildman–Crippen LogP) is 4.57. The van der Waals surface area contributed by atoms with E-state index < -0.39 is 0 Å². The first-order valence-electron chi connectivity index (χ1n) is 10.0. The summed E-state index contributed by atoms with van der Waals surface area (Å²) in [6, 6.07) is 14.7. The molecule has 0 bridgehead atoms. The Kier molecular flexibility index (Phi) is 9.23. The standard InChI is InChI=1S/C23H32N4O.HI/c1-17-12-18(2)14-21(13-17)26-23(24)25-15-19-8-10-27(11-9-19)16-20-4-6-22(28-3)7-5-20;/h4-7,12-14,19H,8-11,15-16H2,1-3H3,(H3,24,25,26);1H. The molecule has 1 aliphatic heterocycles. The third-order valence-corrected chi connectivity index (χ3v) is 5.29. The number of rotatable bonds is 6. The van der Waals surface area contributed by atoms with E-state index in [4.69, 9.17) is 10.5 Å². The van der Waals surface area contributed by atoms with E-state index in [0.717, 1.165) is 50.5 Å². The van der Waals surface area contributed by atoms with E-state index in [1.54, 1.807) is 7.11 Å². The quantitative estimate of drug-likeness (QED) is 0.341. The van der Waals surface area contributed by atoms with Crippen LogP contribution in [0, 0.1) is 19.8 Å². The van der Waals surface area contributed by atoms with E-state index in [1.807, 2.05) is 12.1 Å². The summed E-state index contributed by atoms with van der Waals surface area (Å²) in [5.41, 5.74) is 10.9. The summed E-state index contributed by atoms with van der Waals surface area (Å²) in [6.07, 6.45) is 2.33. The van der Waals surface area contributed by atoms with E-state index >= 15 is 0 Å². The maximum absolute atomic E-state index is 6.09. The van der Waals surface area contributed by atoms with Gasteiger partial charge in [0.25, 0.3) is 0 Å². The van der Waals surface area contributed by atoms with Crippen LogP contribution in [0.5, 0.6) is 5.75 Å². The molecule has 0 unspecified atom stereocenters. The van der Waals surface area contributed by atoms with E-state index in [1.165, 1.54) is 16.7 Å². The van der Waals surface area contributed by atoms with Gasteiger partial charge in [-0.2, -0.15) is 0 Å². The molecule has 0 spiro atoms. The number of aryl methyl sites for hydroxylation is 2. The third-order valence-electron chi connectivity index (χ3n) is 5.29. The number of piperidine rings is 1. The molecule has 1 aliphatic rings. The first-order chi connectivity index (χ1) is 13.5. The molecule has 0 saturated carbocycles. The Morgan fingerprint density at radius 1 is 1.10 bits per heavy atom. The van der Waals surface area contributed by atoms with Gasteiger partial charge in [0.1, 0.15) is 5.75 Å². The second-order valence-corrected chi connectivity index (χ2v) is 7.79. The van der Waals surface area contributed by atoms with E-state index in [2.05, 4.69) is 59.4 Å². The number of likely N-dealkylation sites (tertiary alicyclic amines) is 1. The molecule has 0 radical (unpaired) electrons. The molecule has 2 aromatic rings. The molecular weight excluding hydrogens is 475 g/mol. The number of guanidine groups is 1. The van der Waals surface area contributed by atoms with Crippen LogP contribution in [-0.2, 0) is 6.54 Å². The van der Waals surface area contributed by atoms with Crippen LogP contribution in [0.1, 0.15) is 29.5 Å². The van der Waals surface area contributed by atoms with Crippen LogP contribution in [0.4, 0.5) is 5.69 Å². The molecule has 6 heteroatoms. The van der Waals surface area contributed by atoms with E-state index in [-0.39, 0.29) is 24.0 Å². The fourth-order valence-corrected chi connectivity index (χ4v) is 3.78. The van der Waals surface area contributed by atoms with Gasteiger partial charge in [-0.25, -0.2) is 0 Å². The van der Waals surface area contributed by atoms with Crippen LogP contribution < -0.4 is 15.8 Å². The number of ether oxygens (including phenoxy) is 1. The zero-order valence-corrected chi connectivity index (χ0v) is 20.0. The summed E-state index contributed by atoms with van der Waals surface area (Å²) in [7, 11) is 1.70. The van der Waals surface area contributed by atoms with Crippen molar-refractivity contribution in [2.75, 3.05) is 32.1 Å². The molecule has 1 heterocycles. The van der Waals surface area contributed by atoms with Gasteiger partial charge in [0.15, 0.2) is 5.96 Å². The molecular formula is C23H33IN4O. The highest BCUT2D eigenvalue weighted by Gasteiger charge is 2.19. The predicted molar refractivity (Wildman–Crippen MR) is 132 cm³/mol. The number of nitrogens with one attached hydrogen (secondary N) is 1. The highest BCUT2D eigenvalue weighted by Crippen LogP contribution is 2.20. The fourth-order valence-electron chi connectivity index (χ4n) is 3.78. The number of nitrogens with zero attached hydrogens (tertiary/aromatic N) is 2. The van der Waals surface area contributed by atoms with Gasteiger partial charge in [-0.15, -0.1) is 24.0 Å². The van der Waals surface area contributed by atoms with Gasteiger partial charge in [0.05, 0.1) is 7.11 Å². The van der Waals surface area contributed by atoms with Crippen molar-refractivity contribution >= 4 is 35.6 Å². The van der Waals surface area contributed by atoms with E-state index in [9.17, 15) is 0 Å². The van der Waals surface area contributed by atoms with Gasteiger partial charge >= 0.3 is 0 Å². The van der Waals surface area contributed by atoms with Crippen molar-refractivity contribution in [2.24, 2.45) is 16.6 Å². The van der Waals surface area contributed by atoms with Gasteiger partial charge in [-0.3, -0.25) is 9.89 Å². The Morgan fingerprint density at radius 2 is 1.72 bits per heavy atom. The van der Waals surface area contributed by atoms with Crippen molar-refractivity contribution in [1.29, 1.82) is 0 Å². The Hall–Kier alpha value is -1.80. The summed E-state index contributed by atoms with van der Waals surface area (Å²) >= 11 is 0. The Balaban J connectivity index is 0.00000300. The number of methoxy groups -OCH3 is 1. The van der Waals surface area contributed by atoms with Crippen LogP contribution >= 0.6 is 24.0 Å². The molecule has 0 aromatic heterocycles. The monoisotopic (exact) mass is 508 g/mol. The lowest BCUT2D eigenvalue weighted by atomic mass is 9.96. The largest absolute Gasteiger partial charge is 0.497 e. The molecule has 0 aliphatic carbocycles. The molecule has 0 atom stereocenters. The molecule has 2 aromatic carbocycles. The second kappa shape index (κ2) is 11.4. The number of anilines is 1. The summed E-state index contributed by atoms with van der Waals surface area (Å²) < 4.78 is 5.23. The van der Waals surface area contributed by atoms with Crippen molar-refractivity contribution in [2.45, 2.75) is 33.2 Å². The number of hydrogen-bond acceptors (Lipinski definition) is 3. The Labute approximate surface area is 191 Å². The zero-order chi connectivity index (χ0) is 19.9. The molecule has 158 valence electrons. The lowest BCUT2D eigenvalue weighted by molar-refractivity contribution is 0.180. The molecule has 0 amide bonds. The lowest BCUT2D eigenvalue weighted by Crippen LogP contribution is -2.34. The van der Waals surface area contributed by atoms with Gasteiger partial charge < -0.3 is 15.8 Å². The van der Waals surface area contributed by atoms with Gasteiger partial charge in [-0.05, 0) is 86.7 Å². The van der Waals surface area contributed by atoms with E-state index in [0.29, 0.717) is 11.9 Å². The summed E-state index contributed by atoms with van der Waals surface area (Å²) in [5, 5.41) is 3.22. The highest BCUT2D eigenvalue weighted by atomic mass is 127. The topological polar surface area (TPSA) is 62.9 Å². The van der Waals surface area contributed by atoms with Gasteiger partial charge in [0.2, 0.25) is 0 Å². The first-order valence-corrected chi connectivity index (χ1v) is 10.0. The molecule has 3 rings (SSSR count). The minimum absolute atomic E-state index is 0. The van der Waals surface area contributed by atoms with Crippen molar-refractivity contribution in [3.8, 4) is 5.75 Å². The van der Waals surface area contributed by atoms with Crippen molar-refractivity contribution in [3.05, 3.63) is 59.2 Å². The maximum Gasteiger partial charge on any atom is 0.193 e. The van der Waals surface area contributed by atoms with Crippen LogP contribution in [0.15, 0.2) is 47.5 Å². The normalized spacial score (nSPS) is 15.6. The van der Waals surface area contributed by atoms with Crippen LogP contribution in [-0.4, -0.2) is 37.6 Å². The average Bonchev–Trinajstić information content (AvgIpc) is 2.67. The van der Waals surface area contributed by atoms with Crippen molar-refractivity contribution in [1.82, 2.24) is 4.90 Å². The minimum atomic E-state index is 0. The third kappa shape index (κ3) is 7.51. The summed E-state index contributed by atoms with van der Waals surface area (Å²) in [4.78, 5) is 7.09. The van der Waals surface area contributed by atoms with Crippen molar-refractivity contribution in [3.63, 3.8) is 0 Å². The smallest absolute Gasteiger partial charge is 0.193 e. The fraction of sp³-hybridized carbons (Fsp3) is 0.435. The molecule has 3 N–H and O–H groups in total. The Bertz CT molecular complexity index is 779. The molecule has 1 fully saturated rings.